The third-order valence-corrected chi connectivity index (χ3v) is 4.11. The molecule has 6 heteroatoms. The zero-order chi connectivity index (χ0) is 20.7. The lowest BCUT2D eigenvalue weighted by Crippen LogP contribution is -2.43. The minimum absolute atomic E-state index is 0.105. The Morgan fingerprint density at radius 1 is 1.00 bits per heavy atom. The van der Waals surface area contributed by atoms with Crippen molar-refractivity contribution in [2.45, 2.75) is 58.4 Å². The van der Waals surface area contributed by atoms with E-state index < -0.39 is 12.1 Å². The van der Waals surface area contributed by atoms with Crippen molar-refractivity contribution in [1.29, 1.82) is 0 Å². The highest BCUT2D eigenvalue weighted by atomic mass is 16.7. The lowest BCUT2D eigenvalue weighted by atomic mass is 10.0. The van der Waals surface area contributed by atoms with Gasteiger partial charge in [-0.15, -0.1) is 0 Å². The van der Waals surface area contributed by atoms with Gasteiger partial charge in [0.15, 0.2) is 5.76 Å². The molecule has 0 heterocycles. The molecule has 0 spiro atoms. The first kappa shape index (κ1) is 22.1. The van der Waals surface area contributed by atoms with Crippen molar-refractivity contribution in [3.05, 3.63) is 59.6 Å². The first-order valence-corrected chi connectivity index (χ1v) is 9.41. The van der Waals surface area contributed by atoms with Crippen LogP contribution in [0.5, 0.6) is 0 Å². The van der Waals surface area contributed by atoms with Gasteiger partial charge in [0.2, 0.25) is 11.6 Å². The molecule has 2 unspecified atom stereocenters. The number of rotatable bonds is 10. The van der Waals surface area contributed by atoms with Crippen LogP contribution in [0.2, 0.25) is 0 Å². The van der Waals surface area contributed by atoms with Crippen LogP contribution in [0.3, 0.4) is 0 Å². The molecule has 28 heavy (non-hydrogen) atoms. The molecule has 0 aliphatic heterocycles. The van der Waals surface area contributed by atoms with E-state index in [0.29, 0.717) is 17.1 Å². The molecule has 1 aromatic rings. The van der Waals surface area contributed by atoms with Crippen LogP contribution in [0.25, 0.3) is 0 Å². The summed E-state index contributed by atoms with van der Waals surface area (Å²) in [7, 11) is 3.11. The van der Waals surface area contributed by atoms with Gasteiger partial charge in [-0.2, -0.15) is 0 Å². The fraction of sp³-hybridized carbons (Fsp3) is 0.500. The van der Waals surface area contributed by atoms with Gasteiger partial charge in [-0.05, 0) is 39.8 Å². The summed E-state index contributed by atoms with van der Waals surface area (Å²) in [5.41, 5.74) is 0.522. The molecule has 0 fully saturated rings. The zero-order valence-electron chi connectivity index (χ0n) is 17.4. The molecule has 0 aromatic heterocycles. The van der Waals surface area contributed by atoms with E-state index >= 15 is 0 Å². The van der Waals surface area contributed by atoms with Crippen molar-refractivity contribution in [3.8, 4) is 0 Å². The molecule has 6 nitrogen and oxygen atoms in total. The van der Waals surface area contributed by atoms with E-state index in [-0.39, 0.29) is 24.4 Å². The van der Waals surface area contributed by atoms with Gasteiger partial charge in [0.1, 0.15) is 5.76 Å². The van der Waals surface area contributed by atoms with Gasteiger partial charge < -0.3 is 23.7 Å². The molecule has 2 rings (SSSR count). The zero-order valence-corrected chi connectivity index (χ0v) is 17.4. The molecule has 0 radical (unpaired) electrons. The standard InChI is InChI=1S/C22H30O6/c1-15(2)26-21(20(23)17-10-8-7-9-11-17)27-18-12-13-19(24-5)22(14-18,25-6)28-16(3)4/h7-13,15-16,21H,14H2,1-6H3. The second kappa shape index (κ2) is 9.87. The van der Waals surface area contributed by atoms with Gasteiger partial charge >= 0.3 is 0 Å². The maximum Gasteiger partial charge on any atom is 0.264 e. The van der Waals surface area contributed by atoms with Gasteiger partial charge in [0.25, 0.3) is 6.29 Å². The van der Waals surface area contributed by atoms with Crippen molar-refractivity contribution in [2.24, 2.45) is 0 Å². The molecular formula is C22H30O6. The van der Waals surface area contributed by atoms with Crippen LogP contribution in [-0.2, 0) is 23.7 Å². The molecule has 154 valence electrons. The highest BCUT2D eigenvalue weighted by molar-refractivity contribution is 5.98. The van der Waals surface area contributed by atoms with Crippen LogP contribution in [0.4, 0.5) is 0 Å². The van der Waals surface area contributed by atoms with E-state index in [4.69, 9.17) is 23.7 Å². The molecule has 0 bridgehead atoms. The summed E-state index contributed by atoms with van der Waals surface area (Å²) < 4.78 is 28.9. The number of hydrogen-bond acceptors (Lipinski definition) is 6. The van der Waals surface area contributed by atoms with Crippen LogP contribution in [0.15, 0.2) is 54.0 Å². The molecule has 0 N–H and O–H groups in total. The number of Topliss-reactive ketones (excluding diaryl/α,β-unsaturated/α-hetero) is 1. The Labute approximate surface area is 167 Å². The number of allylic oxidation sites excluding steroid dienone is 2. The van der Waals surface area contributed by atoms with E-state index in [1.54, 1.807) is 50.6 Å². The third-order valence-electron chi connectivity index (χ3n) is 4.11. The van der Waals surface area contributed by atoms with Crippen molar-refractivity contribution in [2.75, 3.05) is 14.2 Å². The highest BCUT2D eigenvalue weighted by Crippen LogP contribution is 2.36. The number of carbonyl (C=O) groups excluding carboxylic acids is 1. The van der Waals surface area contributed by atoms with Crippen molar-refractivity contribution < 1.29 is 28.5 Å². The Morgan fingerprint density at radius 3 is 2.21 bits per heavy atom. The number of methoxy groups -OCH3 is 2. The maximum atomic E-state index is 12.9. The van der Waals surface area contributed by atoms with Crippen LogP contribution in [0.1, 0.15) is 44.5 Å². The summed E-state index contributed by atoms with van der Waals surface area (Å²) in [6, 6.07) is 8.94. The normalized spacial score (nSPS) is 20.6. The van der Waals surface area contributed by atoms with Crippen molar-refractivity contribution in [1.82, 2.24) is 0 Å². The molecule has 0 amide bonds. The fourth-order valence-corrected chi connectivity index (χ4v) is 2.94. The Hall–Kier alpha value is -2.15. The lowest BCUT2D eigenvalue weighted by Gasteiger charge is -2.37. The van der Waals surface area contributed by atoms with Crippen molar-refractivity contribution >= 4 is 5.78 Å². The molecular weight excluding hydrogens is 360 g/mol. The van der Waals surface area contributed by atoms with E-state index in [9.17, 15) is 4.79 Å². The predicted molar refractivity (Wildman–Crippen MR) is 106 cm³/mol. The lowest BCUT2D eigenvalue weighted by molar-refractivity contribution is -0.240. The summed E-state index contributed by atoms with van der Waals surface area (Å²) in [6.07, 6.45) is 2.36. The quantitative estimate of drug-likeness (QED) is 0.440. The number of ether oxygens (including phenoxy) is 5. The largest absolute Gasteiger partial charge is 0.495 e. The topological polar surface area (TPSA) is 63.2 Å². The SMILES string of the molecule is COC1=CC=C(OC(OC(C)C)C(=O)c2ccccc2)CC1(OC)OC(C)C. The van der Waals surface area contributed by atoms with E-state index in [1.165, 1.54) is 0 Å². The Balaban J connectivity index is 2.27. The minimum atomic E-state index is -1.12. The van der Waals surface area contributed by atoms with E-state index in [0.717, 1.165) is 0 Å². The average molecular weight is 390 g/mol. The number of benzene rings is 1. The number of ketones is 1. The smallest absolute Gasteiger partial charge is 0.264 e. The predicted octanol–water partition coefficient (Wildman–Crippen LogP) is 4.22. The van der Waals surface area contributed by atoms with Crippen LogP contribution in [-0.4, -0.2) is 44.3 Å². The number of hydrogen-bond donors (Lipinski definition) is 0. The summed E-state index contributed by atoms with van der Waals surface area (Å²) in [5, 5.41) is 0. The first-order chi connectivity index (χ1) is 13.3. The summed E-state index contributed by atoms with van der Waals surface area (Å²) in [4.78, 5) is 12.9. The van der Waals surface area contributed by atoms with Crippen LogP contribution >= 0.6 is 0 Å². The molecule has 1 aliphatic carbocycles. The molecule has 1 aromatic carbocycles. The molecule has 0 saturated heterocycles. The summed E-state index contributed by atoms with van der Waals surface area (Å²) in [6.45, 7) is 7.54. The van der Waals surface area contributed by atoms with E-state index in [1.807, 2.05) is 33.8 Å². The average Bonchev–Trinajstić information content (AvgIpc) is 2.67. The Bertz CT molecular complexity index is 707. The maximum absolute atomic E-state index is 12.9. The molecule has 0 saturated carbocycles. The minimum Gasteiger partial charge on any atom is -0.495 e. The monoisotopic (exact) mass is 390 g/mol. The Kier molecular flexibility index (Phi) is 7.80. The van der Waals surface area contributed by atoms with Crippen LogP contribution < -0.4 is 0 Å². The Morgan fingerprint density at radius 2 is 1.68 bits per heavy atom. The van der Waals surface area contributed by atoms with Crippen LogP contribution in [0, 0.1) is 0 Å². The van der Waals surface area contributed by atoms with Gasteiger partial charge in [0.05, 0.1) is 25.7 Å². The number of carbonyl (C=O) groups is 1. The first-order valence-electron chi connectivity index (χ1n) is 9.41. The third kappa shape index (κ3) is 5.44. The van der Waals surface area contributed by atoms with Gasteiger partial charge in [-0.1, -0.05) is 30.3 Å². The highest BCUT2D eigenvalue weighted by Gasteiger charge is 2.42. The second-order valence-electron chi connectivity index (χ2n) is 7.03. The van der Waals surface area contributed by atoms with Gasteiger partial charge in [-0.25, -0.2) is 0 Å². The van der Waals surface area contributed by atoms with Gasteiger partial charge in [0, 0.05) is 12.7 Å². The summed E-state index contributed by atoms with van der Waals surface area (Å²) >= 11 is 0. The van der Waals surface area contributed by atoms with E-state index in [2.05, 4.69) is 0 Å². The van der Waals surface area contributed by atoms with Crippen molar-refractivity contribution in [3.63, 3.8) is 0 Å². The fourth-order valence-electron chi connectivity index (χ4n) is 2.94. The molecule has 2 atom stereocenters. The second-order valence-corrected chi connectivity index (χ2v) is 7.03. The molecule has 1 aliphatic rings. The van der Waals surface area contributed by atoms with Gasteiger partial charge in [-0.3, -0.25) is 4.79 Å². The summed E-state index contributed by atoms with van der Waals surface area (Å²) in [5.74, 6) is -0.319.